The molecule has 18 heavy (non-hydrogen) atoms. The maximum Gasteiger partial charge on any atom is 0.275 e. The SMILES string of the molecule is CC1CC(Oc2nc(Cl)c(C=O)s2)CC(C)(C)C1. The van der Waals surface area contributed by atoms with E-state index in [0.29, 0.717) is 21.4 Å². The fourth-order valence-electron chi connectivity index (χ4n) is 2.91. The highest BCUT2D eigenvalue weighted by molar-refractivity contribution is 7.15. The topological polar surface area (TPSA) is 39.2 Å². The molecule has 100 valence electrons. The first-order chi connectivity index (χ1) is 8.39. The van der Waals surface area contributed by atoms with Crippen LogP contribution in [0.2, 0.25) is 5.15 Å². The van der Waals surface area contributed by atoms with Gasteiger partial charge in [-0.15, -0.1) is 0 Å². The molecule has 1 saturated carbocycles. The van der Waals surface area contributed by atoms with E-state index in [1.807, 2.05) is 0 Å². The molecule has 0 spiro atoms. The number of rotatable bonds is 3. The lowest BCUT2D eigenvalue weighted by atomic mass is 9.71. The number of nitrogens with zero attached hydrogens (tertiary/aromatic N) is 1. The molecule has 0 amide bonds. The van der Waals surface area contributed by atoms with Gasteiger partial charge in [0.15, 0.2) is 11.4 Å². The summed E-state index contributed by atoms with van der Waals surface area (Å²) in [4.78, 5) is 15.2. The van der Waals surface area contributed by atoms with Crippen molar-refractivity contribution in [2.45, 2.75) is 46.1 Å². The Labute approximate surface area is 117 Å². The lowest BCUT2D eigenvalue weighted by Gasteiger charge is -2.38. The summed E-state index contributed by atoms with van der Waals surface area (Å²) in [6, 6.07) is 0. The molecule has 0 radical (unpaired) electrons. The average Bonchev–Trinajstić information content (AvgIpc) is 2.55. The number of hydrogen-bond acceptors (Lipinski definition) is 4. The van der Waals surface area contributed by atoms with Crippen LogP contribution in [0, 0.1) is 11.3 Å². The van der Waals surface area contributed by atoms with Crippen LogP contribution in [0.5, 0.6) is 5.19 Å². The summed E-state index contributed by atoms with van der Waals surface area (Å²) < 4.78 is 5.89. The van der Waals surface area contributed by atoms with E-state index in [0.717, 1.165) is 19.1 Å². The van der Waals surface area contributed by atoms with Crippen LogP contribution in [0.3, 0.4) is 0 Å². The van der Waals surface area contributed by atoms with Crippen molar-refractivity contribution in [1.82, 2.24) is 4.98 Å². The van der Waals surface area contributed by atoms with Gasteiger partial charge in [0.2, 0.25) is 0 Å². The molecule has 2 rings (SSSR count). The Balaban J connectivity index is 2.06. The van der Waals surface area contributed by atoms with E-state index in [1.165, 1.54) is 17.8 Å². The molecule has 1 aromatic heterocycles. The van der Waals surface area contributed by atoms with Crippen molar-refractivity contribution in [2.75, 3.05) is 0 Å². The summed E-state index contributed by atoms with van der Waals surface area (Å²) in [6.45, 7) is 6.79. The van der Waals surface area contributed by atoms with Crippen molar-refractivity contribution in [1.29, 1.82) is 0 Å². The monoisotopic (exact) mass is 287 g/mol. The largest absolute Gasteiger partial charge is 0.467 e. The Bertz CT molecular complexity index is 444. The zero-order chi connectivity index (χ0) is 13.3. The molecular formula is C13H18ClNO2S. The van der Waals surface area contributed by atoms with Crippen LogP contribution in [-0.2, 0) is 0 Å². The van der Waals surface area contributed by atoms with E-state index < -0.39 is 0 Å². The molecule has 2 atom stereocenters. The molecule has 1 aliphatic carbocycles. The second-order valence-corrected chi connectivity index (χ2v) is 7.26. The zero-order valence-electron chi connectivity index (χ0n) is 10.9. The van der Waals surface area contributed by atoms with E-state index in [-0.39, 0.29) is 11.3 Å². The van der Waals surface area contributed by atoms with Crippen LogP contribution >= 0.6 is 22.9 Å². The van der Waals surface area contributed by atoms with Crippen LogP contribution in [0.4, 0.5) is 0 Å². The molecule has 0 aliphatic heterocycles. The maximum absolute atomic E-state index is 10.7. The Hall–Kier alpha value is -0.610. The minimum atomic E-state index is 0.172. The van der Waals surface area contributed by atoms with Crippen molar-refractivity contribution in [3.8, 4) is 5.19 Å². The molecule has 1 aromatic rings. The van der Waals surface area contributed by atoms with Gasteiger partial charge in [0.05, 0.1) is 0 Å². The summed E-state index contributed by atoms with van der Waals surface area (Å²) in [6.07, 6.45) is 4.18. The molecule has 0 saturated heterocycles. The summed E-state index contributed by atoms with van der Waals surface area (Å²) in [5.74, 6) is 0.653. The fourth-order valence-corrected chi connectivity index (χ4v) is 3.88. The molecule has 1 aliphatic rings. The second-order valence-electron chi connectivity index (χ2n) is 5.91. The van der Waals surface area contributed by atoms with E-state index in [9.17, 15) is 4.79 Å². The van der Waals surface area contributed by atoms with Gasteiger partial charge in [-0.25, -0.2) is 0 Å². The third-order valence-electron chi connectivity index (χ3n) is 3.31. The second kappa shape index (κ2) is 5.17. The lowest BCUT2D eigenvalue weighted by molar-refractivity contribution is 0.0561. The molecule has 1 fully saturated rings. The third kappa shape index (κ3) is 3.23. The molecule has 1 heterocycles. The van der Waals surface area contributed by atoms with Gasteiger partial charge in [-0.2, -0.15) is 4.98 Å². The highest BCUT2D eigenvalue weighted by atomic mass is 35.5. The Kier molecular flexibility index (Phi) is 3.97. The van der Waals surface area contributed by atoms with E-state index in [1.54, 1.807) is 0 Å². The smallest absolute Gasteiger partial charge is 0.275 e. The summed E-state index contributed by atoms with van der Waals surface area (Å²) in [5.41, 5.74) is 0.302. The highest BCUT2D eigenvalue weighted by Crippen LogP contribution is 2.40. The molecule has 2 unspecified atom stereocenters. The Morgan fingerprint density at radius 3 is 2.78 bits per heavy atom. The van der Waals surface area contributed by atoms with E-state index in [4.69, 9.17) is 16.3 Å². The lowest BCUT2D eigenvalue weighted by Crippen LogP contribution is -2.34. The number of thiazole rings is 1. The molecule has 3 nitrogen and oxygen atoms in total. The van der Waals surface area contributed by atoms with Crippen molar-refractivity contribution in [3.63, 3.8) is 0 Å². The molecule has 5 heteroatoms. The van der Waals surface area contributed by atoms with Gasteiger partial charge in [-0.05, 0) is 30.6 Å². The van der Waals surface area contributed by atoms with Crippen molar-refractivity contribution < 1.29 is 9.53 Å². The number of aromatic nitrogens is 1. The van der Waals surface area contributed by atoms with Gasteiger partial charge in [-0.3, -0.25) is 4.79 Å². The van der Waals surface area contributed by atoms with Crippen LogP contribution in [0.25, 0.3) is 0 Å². The van der Waals surface area contributed by atoms with Gasteiger partial charge in [0.25, 0.3) is 5.19 Å². The normalized spacial score (nSPS) is 26.9. The zero-order valence-corrected chi connectivity index (χ0v) is 12.5. The van der Waals surface area contributed by atoms with Gasteiger partial charge < -0.3 is 4.74 Å². The molecular weight excluding hydrogens is 270 g/mol. The van der Waals surface area contributed by atoms with Crippen LogP contribution in [-0.4, -0.2) is 17.4 Å². The Morgan fingerprint density at radius 2 is 2.22 bits per heavy atom. The summed E-state index contributed by atoms with van der Waals surface area (Å²) in [7, 11) is 0. The summed E-state index contributed by atoms with van der Waals surface area (Å²) in [5, 5.41) is 0.755. The van der Waals surface area contributed by atoms with Gasteiger partial charge in [0.1, 0.15) is 11.0 Å². The molecule has 0 N–H and O–H groups in total. The van der Waals surface area contributed by atoms with Gasteiger partial charge >= 0.3 is 0 Å². The molecule has 0 aromatic carbocycles. The van der Waals surface area contributed by atoms with E-state index in [2.05, 4.69) is 25.8 Å². The minimum absolute atomic E-state index is 0.172. The van der Waals surface area contributed by atoms with Crippen LogP contribution < -0.4 is 4.74 Å². The number of carbonyl (C=O) groups excluding carboxylic acids is 1. The predicted molar refractivity (Wildman–Crippen MR) is 73.7 cm³/mol. The maximum atomic E-state index is 10.7. The predicted octanol–water partition coefficient (Wildman–Crippen LogP) is 4.20. The first kappa shape index (κ1) is 13.8. The van der Waals surface area contributed by atoms with E-state index >= 15 is 0 Å². The first-order valence-corrected chi connectivity index (χ1v) is 7.37. The number of aldehydes is 1. The average molecular weight is 288 g/mol. The third-order valence-corrected chi connectivity index (χ3v) is 4.58. The molecule has 0 bridgehead atoms. The van der Waals surface area contributed by atoms with Crippen LogP contribution in [0.15, 0.2) is 0 Å². The highest BCUT2D eigenvalue weighted by Gasteiger charge is 2.33. The van der Waals surface area contributed by atoms with Gasteiger partial charge in [0, 0.05) is 0 Å². The number of halogens is 1. The Morgan fingerprint density at radius 1 is 1.50 bits per heavy atom. The number of ether oxygens (including phenoxy) is 1. The van der Waals surface area contributed by atoms with Crippen molar-refractivity contribution in [2.24, 2.45) is 11.3 Å². The number of carbonyl (C=O) groups is 1. The minimum Gasteiger partial charge on any atom is -0.467 e. The first-order valence-electron chi connectivity index (χ1n) is 6.18. The number of hydrogen-bond donors (Lipinski definition) is 0. The fraction of sp³-hybridized carbons (Fsp3) is 0.692. The van der Waals surface area contributed by atoms with Gasteiger partial charge in [-0.1, -0.05) is 43.7 Å². The van der Waals surface area contributed by atoms with Crippen LogP contribution in [0.1, 0.15) is 49.7 Å². The van der Waals surface area contributed by atoms with Crippen molar-refractivity contribution in [3.05, 3.63) is 10.0 Å². The summed E-state index contributed by atoms with van der Waals surface area (Å²) >= 11 is 7.06. The standard InChI is InChI=1S/C13H18ClNO2S/c1-8-4-9(6-13(2,3)5-8)17-12-15-11(14)10(7-16)18-12/h7-9H,4-6H2,1-3H3. The quantitative estimate of drug-likeness (QED) is 0.782. The van der Waals surface area contributed by atoms with Crippen molar-refractivity contribution >= 4 is 29.2 Å².